The summed E-state index contributed by atoms with van der Waals surface area (Å²) in [6.45, 7) is 1.57. The predicted molar refractivity (Wildman–Crippen MR) is 67.4 cm³/mol. The first-order chi connectivity index (χ1) is 8.77. The largest absolute Gasteiger partial charge is 0.460 e. The molecule has 0 radical (unpaired) electrons. The summed E-state index contributed by atoms with van der Waals surface area (Å²) in [5.74, 6) is 2.07. The summed E-state index contributed by atoms with van der Waals surface area (Å²) < 4.78 is 15.0. The number of methoxy groups -OCH3 is 1. The second kappa shape index (κ2) is 8.29. The van der Waals surface area contributed by atoms with Gasteiger partial charge in [0.1, 0.15) is 6.61 Å². The van der Waals surface area contributed by atoms with Crippen LogP contribution >= 0.6 is 0 Å². The van der Waals surface area contributed by atoms with Gasteiger partial charge < -0.3 is 14.2 Å². The Balaban J connectivity index is 2.30. The van der Waals surface area contributed by atoms with E-state index < -0.39 is 5.97 Å². The molecule has 0 atom stereocenters. The number of carbonyl (C=O) groups excluding carboxylic acids is 1. The number of benzene rings is 1. The molecule has 0 spiro atoms. The molecular formula is C14H16O4. The second-order valence-corrected chi connectivity index (χ2v) is 3.47. The number of rotatable bonds is 7. The van der Waals surface area contributed by atoms with Gasteiger partial charge in [0.25, 0.3) is 0 Å². The lowest BCUT2D eigenvalue weighted by Gasteiger charge is -2.06. The standard InChI is InChI=1S/C14H16O4/c1-3-12-5-4-6-13(11-12)14(15)18-10-9-17-8-7-16-2/h1,4-6,11H,7-10H2,2H3. The number of esters is 1. The van der Waals surface area contributed by atoms with Crippen LogP contribution in [0.2, 0.25) is 0 Å². The van der Waals surface area contributed by atoms with Crippen LogP contribution < -0.4 is 0 Å². The average molecular weight is 248 g/mol. The van der Waals surface area contributed by atoms with Crippen molar-refractivity contribution < 1.29 is 19.0 Å². The Bertz CT molecular complexity index is 420. The van der Waals surface area contributed by atoms with Gasteiger partial charge in [-0.3, -0.25) is 0 Å². The number of hydrogen-bond donors (Lipinski definition) is 0. The molecule has 1 aromatic rings. The minimum absolute atomic E-state index is 0.211. The third-order valence-corrected chi connectivity index (χ3v) is 2.16. The lowest BCUT2D eigenvalue weighted by molar-refractivity contribution is 0.0214. The van der Waals surface area contributed by atoms with Gasteiger partial charge in [-0.1, -0.05) is 12.0 Å². The summed E-state index contributed by atoms with van der Waals surface area (Å²) in [5, 5.41) is 0. The fraction of sp³-hybridized carbons (Fsp3) is 0.357. The average Bonchev–Trinajstić information content (AvgIpc) is 2.42. The van der Waals surface area contributed by atoms with E-state index in [1.165, 1.54) is 0 Å². The molecule has 0 aliphatic rings. The topological polar surface area (TPSA) is 44.8 Å². The number of terminal acetylenes is 1. The van der Waals surface area contributed by atoms with Crippen LogP contribution in [-0.4, -0.2) is 39.5 Å². The molecule has 0 aromatic heterocycles. The van der Waals surface area contributed by atoms with Gasteiger partial charge in [0, 0.05) is 12.7 Å². The minimum atomic E-state index is -0.401. The maximum atomic E-state index is 11.6. The third kappa shape index (κ3) is 5.00. The monoisotopic (exact) mass is 248 g/mol. The Morgan fingerprint density at radius 2 is 2.06 bits per heavy atom. The van der Waals surface area contributed by atoms with Gasteiger partial charge in [0.2, 0.25) is 0 Å². The molecule has 96 valence electrons. The van der Waals surface area contributed by atoms with Crippen LogP contribution in [0.4, 0.5) is 0 Å². The van der Waals surface area contributed by atoms with Crippen LogP contribution in [0.3, 0.4) is 0 Å². The molecule has 0 amide bonds. The number of carbonyl (C=O) groups is 1. The summed E-state index contributed by atoms with van der Waals surface area (Å²) in [6.07, 6.45) is 5.25. The molecule has 0 saturated heterocycles. The van der Waals surface area contributed by atoms with Gasteiger partial charge in [-0.05, 0) is 18.2 Å². The summed E-state index contributed by atoms with van der Waals surface area (Å²) >= 11 is 0. The Morgan fingerprint density at radius 3 is 2.78 bits per heavy atom. The van der Waals surface area contributed by atoms with Crippen molar-refractivity contribution in [2.75, 3.05) is 33.5 Å². The van der Waals surface area contributed by atoms with E-state index >= 15 is 0 Å². The SMILES string of the molecule is C#Cc1cccc(C(=O)OCCOCCOC)c1. The van der Waals surface area contributed by atoms with Crippen LogP contribution in [0, 0.1) is 12.3 Å². The van der Waals surface area contributed by atoms with Gasteiger partial charge in [-0.2, -0.15) is 0 Å². The zero-order chi connectivity index (χ0) is 13.2. The van der Waals surface area contributed by atoms with Gasteiger partial charge in [0.15, 0.2) is 0 Å². The smallest absolute Gasteiger partial charge is 0.338 e. The van der Waals surface area contributed by atoms with E-state index in [-0.39, 0.29) is 6.61 Å². The minimum Gasteiger partial charge on any atom is -0.460 e. The number of hydrogen-bond acceptors (Lipinski definition) is 4. The normalized spacial score (nSPS) is 9.78. The fourth-order valence-electron chi connectivity index (χ4n) is 1.26. The molecule has 18 heavy (non-hydrogen) atoms. The summed E-state index contributed by atoms with van der Waals surface area (Å²) in [7, 11) is 1.60. The van der Waals surface area contributed by atoms with Gasteiger partial charge >= 0.3 is 5.97 Å². The molecular weight excluding hydrogens is 232 g/mol. The van der Waals surface area contributed by atoms with Crippen molar-refractivity contribution in [2.45, 2.75) is 0 Å². The second-order valence-electron chi connectivity index (χ2n) is 3.47. The van der Waals surface area contributed by atoms with Crippen molar-refractivity contribution in [1.82, 2.24) is 0 Å². The predicted octanol–water partition coefficient (Wildman–Crippen LogP) is 1.49. The van der Waals surface area contributed by atoms with E-state index in [2.05, 4.69) is 5.92 Å². The first-order valence-electron chi connectivity index (χ1n) is 5.58. The van der Waals surface area contributed by atoms with Crippen molar-refractivity contribution >= 4 is 5.97 Å². The molecule has 0 fully saturated rings. The molecule has 1 rings (SSSR count). The van der Waals surface area contributed by atoms with E-state index in [9.17, 15) is 4.79 Å². The van der Waals surface area contributed by atoms with Gasteiger partial charge in [0.05, 0.1) is 25.4 Å². The Kier molecular flexibility index (Phi) is 6.55. The third-order valence-electron chi connectivity index (χ3n) is 2.16. The lowest BCUT2D eigenvalue weighted by atomic mass is 10.1. The van der Waals surface area contributed by atoms with Crippen molar-refractivity contribution in [3.8, 4) is 12.3 Å². The van der Waals surface area contributed by atoms with Crippen molar-refractivity contribution in [3.05, 3.63) is 35.4 Å². The maximum absolute atomic E-state index is 11.6. The van der Waals surface area contributed by atoms with Gasteiger partial charge in [-0.15, -0.1) is 6.42 Å². The molecule has 0 unspecified atom stereocenters. The number of ether oxygens (including phenoxy) is 3. The summed E-state index contributed by atoms with van der Waals surface area (Å²) in [6, 6.07) is 6.76. The molecule has 1 aromatic carbocycles. The highest BCUT2D eigenvalue weighted by Gasteiger charge is 2.06. The Morgan fingerprint density at radius 1 is 1.28 bits per heavy atom. The van der Waals surface area contributed by atoms with Crippen LogP contribution in [0.1, 0.15) is 15.9 Å². The van der Waals surface area contributed by atoms with Crippen LogP contribution in [0.15, 0.2) is 24.3 Å². The van der Waals surface area contributed by atoms with Crippen LogP contribution in [0.25, 0.3) is 0 Å². The first kappa shape index (κ1) is 14.2. The van der Waals surface area contributed by atoms with Crippen molar-refractivity contribution in [3.63, 3.8) is 0 Å². The van der Waals surface area contributed by atoms with E-state index in [4.69, 9.17) is 20.6 Å². The van der Waals surface area contributed by atoms with E-state index in [0.717, 1.165) is 0 Å². The molecule has 0 aliphatic carbocycles. The quantitative estimate of drug-likeness (QED) is 0.416. The summed E-state index contributed by atoms with van der Waals surface area (Å²) in [5.41, 5.74) is 1.10. The first-order valence-corrected chi connectivity index (χ1v) is 5.58. The molecule has 0 saturated carbocycles. The Labute approximate surface area is 107 Å². The summed E-state index contributed by atoms with van der Waals surface area (Å²) in [4.78, 5) is 11.6. The highest BCUT2D eigenvalue weighted by atomic mass is 16.6. The molecule has 0 heterocycles. The van der Waals surface area contributed by atoms with E-state index in [1.807, 2.05) is 0 Å². The highest BCUT2D eigenvalue weighted by Crippen LogP contribution is 2.05. The maximum Gasteiger partial charge on any atom is 0.338 e. The fourth-order valence-corrected chi connectivity index (χ4v) is 1.26. The van der Waals surface area contributed by atoms with Crippen molar-refractivity contribution in [2.24, 2.45) is 0 Å². The zero-order valence-corrected chi connectivity index (χ0v) is 10.3. The lowest BCUT2D eigenvalue weighted by Crippen LogP contribution is -2.12. The van der Waals surface area contributed by atoms with Crippen LogP contribution in [-0.2, 0) is 14.2 Å². The van der Waals surface area contributed by atoms with Gasteiger partial charge in [-0.25, -0.2) is 4.79 Å². The Hall–Kier alpha value is -1.83. The molecule has 0 N–H and O–H groups in total. The highest BCUT2D eigenvalue weighted by molar-refractivity contribution is 5.89. The molecule has 4 nitrogen and oxygen atoms in total. The zero-order valence-electron chi connectivity index (χ0n) is 10.3. The molecule has 0 bridgehead atoms. The van der Waals surface area contributed by atoms with E-state index in [1.54, 1.807) is 31.4 Å². The molecule has 4 heteroatoms. The van der Waals surface area contributed by atoms with Crippen molar-refractivity contribution in [1.29, 1.82) is 0 Å². The van der Waals surface area contributed by atoms with E-state index in [0.29, 0.717) is 30.9 Å². The molecule has 0 aliphatic heterocycles. The van der Waals surface area contributed by atoms with Crippen LogP contribution in [0.5, 0.6) is 0 Å².